The summed E-state index contributed by atoms with van der Waals surface area (Å²) in [5.41, 5.74) is 0. The van der Waals surface area contributed by atoms with Crippen LogP contribution in [0.5, 0.6) is 0 Å². The maximum absolute atomic E-state index is 10.2. The fourth-order valence-corrected chi connectivity index (χ4v) is 1.04. The van der Waals surface area contributed by atoms with Crippen LogP contribution in [-0.4, -0.2) is 21.1 Å². The van der Waals surface area contributed by atoms with Crippen LogP contribution in [0.2, 0.25) is 0 Å². The van der Waals surface area contributed by atoms with E-state index in [-0.39, 0.29) is 12.0 Å². The minimum atomic E-state index is -0.519. The van der Waals surface area contributed by atoms with Crippen molar-refractivity contribution in [1.29, 1.82) is 0 Å². The first-order valence-corrected chi connectivity index (χ1v) is 3.57. The molecule has 6 heteroatoms. The summed E-state index contributed by atoms with van der Waals surface area (Å²) >= 11 is 0. The molecule has 0 saturated carbocycles. The average Bonchev–Trinajstić information content (AvgIpc) is 2.32. The van der Waals surface area contributed by atoms with Crippen molar-refractivity contribution in [3.63, 3.8) is 0 Å². The molecule has 1 atom stereocenters. The first-order chi connectivity index (χ1) is 5.77. The number of imidazole rings is 1. The Morgan fingerprint density at radius 2 is 2.58 bits per heavy atom. The van der Waals surface area contributed by atoms with Gasteiger partial charge in [0.2, 0.25) is 6.33 Å². The fourth-order valence-electron chi connectivity index (χ4n) is 1.04. The molecule has 0 aromatic carbocycles. The molecule has 1 aliphatic heterocycles. The number of nitrogens with zero attached hydrogens (tertiary/aromatic N) is 3. The van der Waals surface area contributed by atoms with Crippen LogP contribution < -0.4 is 0 Å². The number of nitro groups is 1. The predicted octanol–water partition coefficient (Wildman–Crippen LogP) is 0.710. The monoisotopic (exact) mass is 169 g/mol. The van der Waals surface area contributed by atoms with Gasteiger partial charge in [-0.15, -0.1) is 0 Å². The molecule has 1 unspecified atom stereocenters. The van der Waals surface area contributed by atoms with Crippen LogP contribution in [0.1, 0.15) is 12.6 Å². The summed E-state index contributed by atoms with van der Waals surface area (Å²) in [6.07, 6.45) is 3.64. The molecule has 2 rings (SSSR count). The third-order valence-electron chi connectivity index (χ3n) is 1.78. The average molecular weight is 169 g/mol. The maximum atomic E-state index is 10.2. The fraction of sp³-hybridized carbons (Fsp3) is 0.500. The Hall–Kier alpha value is -1.43. The van der Waals surface area contributed by atoms with Crippen molar-refractivity contribution < 1.29 is 9.66 Å². The van der Waals surface area contributed by atoms with Crippen molar-refractivity contribution in [2.24, 2.45) is 0 Å². The molecule has 0 N–H and O–H groups in total. The normalized spacial score (nSPS) is 21.8. The molecular weight excluding hydrogens is 162 g/mol. The zero-order valence-corrected chi connectivity index (χ0v) is 6.21. The highest BCUT2D eigenvalue weighted by molar-refractivity contribution is 5.12. The molecule has 64 valence electrons. The van der Waals surface area contributed by atoms with Gasteiger partial charge in [0.05, 0.1) is 6.61 Å². The van der Waals surface area contributed by atoms with Gasteiger partial charge in [-0.05, 0) is 9.91 Å². The van der Waals surface area contributed by atoms with Crippen molar-refractivity contribution in [1.82, 2.24) is 9.55 Å². The van der Waals surface area contributed by atoms with E-state index < -0.39 is 4.92 Å². The Morgan fingerprint density at radius 1 is 1.83 bits per heavy atom. The van der Waals surface area contributed by atoms with E-state index in [0.717, 1.165) is 13.0 Å². The third kappa shape index (κ3) is 1.06. The van der Waals surface area contributed by atoms with Crippen molar-refractivity contribution in [2.45, 2.75) is 12.6 Å². The second-order valence-corrected chi connectivity index (χ2v) is 2.55. The van der Waals surface area contributed by atoms with Gasteiger partial charge >= 0.3 is 5.82 Å². The van der Waals surface area contributed by atoms with Gasteiger partial charge in [0, 0.05) is 6.42 Å². The number of hydrogen-bond donors (Lipinski definition) is 0. The summed E-state index contributed by atoms with van der Waals surface area (Å²) < 4.78 is 6.72. The second-order valence-electron chi connectivity index (χ2n) is 2.55. The van der Waals surface area contributed by atoms with Gasteiger partial charge in [-0.2, -0.15) is 0 Å². The molecule has 0 bridgehead atoms. The van der Waals surface area contributed by atoms with Gasteiger partial charge in [-0.25, -0.2) is 0 Å². The van der Waals surface area contributed by atoms with Crippen LogP contribution in [0, 0.1) is 10.1 Å². The Balaban J connectivity index is 2.17. The Kier molecular flexibility index (Phi) is 1.54. The summed E-state index contributed by atoms with van der Waals surface area (Å²) in [5, 5.41) is 10.2. The smallest absolute Gasteiger partial charge is 0.358 e. The topological polar surface area (TPSA) is 70.2 Å². The van der Waals surface area contributed by atoms with Crippen LogP contribution in [0.3, 0.4) is 0 Å². The molecule has 6 nitrogen and oxygen atoms in total. The van der Waals surface area contributed by atoms with Crippen LogP contribution in [0.15, 0.2) is 12.5 Å². The molecule has 0 radical (unpaired) electrons. The van der Waals surface area contributed by atoms with Crippen LogP contribution >= 0.6 is 0 Å². The molecule has 1 aliphatic rings. The lowest BCUT2D eigenvalue weighted by Crippen LogP contribution is -2.23. The van der Waals surface area contributed by atoms with E-state index in [0.29, 0.717) is 0 Å². The molecule has 2 heterocycles. The van der Waals surface area contributed by atoms with E-state index in [1.807, 2.05) is 0 Å². The lowest BCUT2D eigenvalue weighted by atomic mass is 10.3. The standard InChI is InChI=1S/C6H7N3O3/c10-9(11)5-3-8(4-7-5)6-1-2-12-6/h3-4,6H,1-2H2. The van der Waals surface area contributed by atoms with Crippen LogP contribution in [0.25, 0.3) is 0 Å². The predicted molar refractivity (Wildman–Crippen MR) is 38.5 cm³/mol. The van der Waals surface area contributed by atoms with Crippen LogP contribution in [-0.2, 0) is 4.74 Å². The van der Waals surface area contributed by atoms with E-state index in [9.17, 15) is 10.1 Å². The second kappa shape index (κ2) is 2.56. The third-order valence-corrected chi connectivity index (χ3v) is 1.78. The van der Waals surface area contributed by atoms with Crippen LogP contribution in [0.4, 0.5) is 5.82 Å². The maximum Gasteiger partial charge on any atom is 0.381 e. The summed E-state index contributed by atoms with van der Waals surface area (Å²) in [5.74, 6) is -0.134. The first-order valence-electron chi connectivity index (χ1n) is 3.57. The lowest BCUT2D eigenvalue weighted by Gasteiger charge is -2.26. The summed E-state index contributed by atoms with van der Waals surface area (Å²) in [4.78, 5) is 13.3. The Bertz CT molecular complexity index is 305. The highest BCUT2D eigenvalue weighted by Gasteiger charge is 2.22. The lowest BCUT2D eigenvalue weighted by molar-refractivity contribution is -0.389. The minimum absolute atomic E-state index is 0.0498. The number of aromatic nitrogens is 2. The molecule has 1 saturated heterocycles. The van der Waals surface area contributed by atoms with Crippen molar-refractivity contribution in [2.75, 3.05) is 6.61 Å². The Morgan fingerprint density at radius 3 is 3.00 bits per heavy atom. The molecule has 12 heavy (non-hydrogen) atoms. The SMILES string of the molecule is O=[N+]([O-])c1cn(C2CCO2)cn1. The van der Waals surface area contributed by atoms with Gasteiger partial charge in [-0.1, -0.05) is 0 Å². The molecule has 1 aromatic rings. The number of hydrogen-bond acceptors (Lipinski definition) is 4. The van der Waals surface area contributed by atoms with E-state index in [4.69, 9.17) is 4.74 Å². The summed E-state index contributed by atoms with van der Waals surface area (Å²) in [6, 6.07) is 0. The van der Waals surface area contributed by atoms with Gasteiger partial charge in [0.25, 0.3) is 0 Å². The number of rotatable bonds is 2. The van der Waals surface area contributed by atoms with E-state index in [1.54, 1.807) is 4.57 Å². The largest absolute Gasteiger partial charge is 0.381 e. The molecule has 0 amide bonds. The summed E-state index contributed by atoms with van der Waals surface area (Å²) in [6.45, 7) is 0.719. The molecular formula is C6H7N3O3. The highest BCUT2D eigenvalue weighted by Crippen LogP contribution is 2.24. The zero-order valence-electron chi connectivity index (χ0n) is 6.21. The van der Waals surface area contributed by atoms with Gasteiger partial charge in [0.15, 0.2) is 0 Å². The molecule has 1 aromatic heterocycles. The zero-order chi connectivity index (χ0) is 8.55. The van der Waals surface area contributed by atoms with E-state index in [1.165, 1.54) is 12.5 Å². The van der Waals surface area contributed by atoms with E-state index >= 15 is 0 Å². The van der Waals surface area contributed by atoms with Gasteiger partial charge in [-0.3, -0.25) is 4.57 Å². The Labute approximate surface area is 67.9 Å². The van der Waals surface area contributed by atoms with E-state index in [2.05, 4.69) is 4.98 Å². The van der Waals surface area contributed by atoms with Crippen molar-refractivity contribution in [3.8, 4) is 0 Å². The van der Waals surface area contributed by atoms with Gasteiger partial charge in [0.1, 0.15) is 12.4 Å². The highest BCUT2D eigenvalue weighted by atomic mass is 16.6. The molecule has 0 spiro atoms. The number of ether oxygens (including phenoxy) is 1. The summed E-state index contributed by atoms with van der Waals surface area (Å²) in [7, 11) is 0. The van der Waals surface area contributed by atoms with Crippen molar-refractivity contribution >= 4 is 5.82 Å². The van der Waals surface area contributed by atoms with Crippen molar-refractivity contribution in [3.05, 3.63) is 22.6 Å². The minimum Gasteiger partial charge on any atom is -0.358 e. The molecule has 0 aliphatic carbocycles. The van der Waals surface area contributed by atoms with Gasteiger partial charge < -0.3 is 14.9 Å². The first kappa shape index (κ1) is 7.23. The molecule has 1 fully saturated rings. The quantitative estimate of drug-likeness (QED) is 0.482.